The van der Waals surface area contributed by atoms with Crippen molar-refractivity contribution < 1.29 is 27.4 Å². The van der Waals surface area contributed by atoms with Gasteiger partial charge < -0.3 is 19.9 Å². The van der Waals surface area contributed by atoms with Crippen molar-refractivity contribution in [2.75, 3.05) is 21.3 Å². The maximum Gasteiger partial charge on any atom is 0.284 e. The second-order valence-corrected chi connectivity index (χ2v) is 8.56. The lowest BCUT2D eigenvalue weighted by Crippen LogP contribution is -2.23. The second kappa shape index (κ2) is 8.36. The normalized spacial score (nSPS) is 11.2. The van der Waals surface area contributed by atoms with Crippen molar-refractivity contribution in [1.82, 2.24) is 9.19 Å². The van der Waals surface area contributed by atoms with E-state index in [0.717, 1.165) is 0 Å². The Labute approximate surface area is 181 Å². The fourth-order valence-electron chi connectivity index (χ4n) is 2.83. The summed E-state index contributed by atoms with van der Waals surface area (Å²) in [6.07, 6.45) is 0. The SMILES string of the molecule is COc1cc(-c2cc(C(N)=O)n(S(=O)(=O)c3ccccc3Br)n2)cc(OC)c1OC. The lowest BCUT2D eigenvalue weighted by molar-refractivity contribution is 0.0994. The maximum absolute atomic E-state index is 13.2. The zero-order valence-electron chi connectivity index (χ0n) is 16.2. The Morgan fingerprint density at radius 2 is 1.63 bits per heavy atom. The predicted octanol–water partition coefficient (Wildman–Crippen LogP) is 2.67. The minimum absolute atomic E-state index is 0.0629. The Balaban J connectivity index is 2.24. The van der Waals surface area contributed by atoms with Crippen LogP contribution >= 0.6 is 15.9 Å². The van der Waals surface area contributed by atoms with Crippen LogP contribution in [0.1, 0.15) is 10.5 Å². The van der Waals surface area contributed by atoms with Crippen LogP contribution in [0.3, 0.4) is 0 Å². The Bertz CT molecular complexity index is 1200. The minimum atomic E-state index is -4.21. The largest absolute Gasteiger partial charge is 0.493 e. The number of aromatic nitrogens is 2. The molecule has 2 aromatic carbocycles. The smallest absolute Gasteiger partial charge is 0.284 e. The number of amides is 1. The van der Waals surface area contributed by atoms with E-state index in [0.29, 0.717) is 31.4 Å². The topological polar surface area (TPSA) is 123 Å². The van der Waals surface area contributed by atoms with Crippen molar-refractivity contribution in [3.8, 4) is 28.5 Å². The van der Waals surface area contributed by atoms with Crippen molar-refractivity contribution in [3.63, 3.8) is 0 Å². The molecule has 0 fully saturated rings. The molecule has 2 N–H and O–H groups in total. The summed E-state index contributed by atoms with van der Waals surface area (Å²) in [7, 11) is 0.157. The highest BCUT2D eigenvalue weighted by Gasteiger charge is 2.28. The molecule has 9 nitrogen and oxygen atoms in total. The first-order valence-electron chi connectivity index (χ1n) is 8.45. The van der Waals surface area contributed by atoms with Gasteiger partial charge in [-0.15, -0.1) is 4.09 Å². The van der Waals surface area contributed by atoms with Crippen LogP contribution in [0.2, 0.25) is 0 Å². The van der Waals surface area contributed by atoms with E-state index in [9.17, 15) is 13.2 Å². The number of nitrogens with two attached hydrogens (primary N) is 1. The highest BCUT2D eigenvalue weighted by Crippen LogP contribution is 2.41. The summed E-state index contributed by atoms with van der Waals surface area (Å²) in [4.78, 5) is 11.9. The molecule has 3 aromatic rings. The summed E-state index contributed by atoms with van der Waals surface area (Å²) in [5.74, 6) is 0.0994. The van der Waals surface area contributed by atoms with Crippen LogP contribution in [0.25, 0.3) is 11.3 Å². The molecule has 0 aliphatic rings. The van der Waals surface area contributed by atoms with Crippen LogP contribution in [-0.4, -0.2) is 44.8 Å². The van der Waals surface area contributed by atoms with Crippen molar-refractivity contribution in [3.05, 3.63) is 52.6 Å². The lowest BCUT2D eigenvalue weighted by atomic mass is 10.1. The second-order valence-electron chi connectivity index (χ2n) is 5.97. The van der Waals surface area contributed by atoms with Gasteiger partial charge in [-0.3, -0.25) is 4.79 Å². The minimum Gasteiger partial charge on any atom is -0.493 e. The number of ether oxygens (including phenoxy) is 3. The van der Waals surface area contributed by atoms with Gasteiger partial charge in [0.1, 0.15) is 10.6 Å². The van der Waals surface area contributed by atoms with Gasteiger partial charge in [-0.25, -0.2) is 0 Å². The molecule has 0 unspecified atom stereocenters. The lowest BCUT2D eigenvalue weighted by Gasteiger charge is -2.13. The van der Waals surface area contributed by atoms with Crippen LogP contribution < -0.4 is 19.9 Å². The molecule has 1 amide bonds. The quantitative estimate of drug-likeness (QED) is 0.534. The summed E-state index contributed by atoms with van der Waals surface area (Å²) < 4.78 is 43.2. The van der Waals surface area contributed by atoms with Gasteiger partial charge >= 0.3 is 0 Å². The average Bonchev–Trinajstić information content (AvgIpc) is 3.19. The molecule has 11 heteroatoms. The van der Waals surface area contributed by atoms with Gasteiger partial charge in [0.25, 0.3) is 15.9 Å². The summed E-state index contributed by atoms with van der Waals surface area (Å²) >= 11 is 3.21. The molecule has 0 spiro atoms. The third-order valence-corrected chi connectivity index (χ3v) is 6.83. The number of benzene rings is 2. The molecule has 0 saturated carbocycles. The zero-order chi connectivity index (χ0) is 22.1. The van der Waals surface area contributed by atoms with Crippen molar-refractivity contribution in [2.24, 2.45) is 5.73 Å². The molecule has 30 heavy (non-hydrogen) atoms. The molecule has 1 aromatic heterocycles. The van der Waals surface area contributed by atoms with E-state index in [-0.39, 0.29) is 16.3 Å². The van der Waals surface area contributed by atoms with E-state index in [4.69, 9.17) is 19.9 Å². The number of primary amides is 1. The monoisotopic (exact) mass is 495 g/mol. The van der Waals surface area contributed by atoms with E-state index in [1.807, 2.05) is 0 Å². The molecular weight excluding hydrogens is 478 g/mol. The van der Waals surface area contributed by atoms with E-state index in [2.05, 4.69) is 21.0 Å². The van der Waals surface area contributed by atoms with Gasteiger partial charge in [0.15, 0.2) is 11.5 Å². The van der Waals surface area contributed by atoms with Crippen molar-refractivity contribution in [1.29, 1.82) is 0 Å². The number of nitrogens with zero attached hydrogens (tertiary/aromatic N) is 2. The number of hydrogen-bond donors (Lipinski definition) is 1. The van der Waals surface area contributed by atoms with Crippen LogP contribution in [0.4, 0.5) is 0 Å². The first-order chi connectivity index (χ1) is 14.2. The van der Waals surface area contributed by atoms with Gasteiger partial charge in [0.2, 0.25) is 5.75 Å². The van der Waals surface area contributed by atoms with E-state index < -0.39 is 15.9 Å². The summed E-state index contributed by atoms with van der Waals surface area (Å²) in [6.45, 7) is 0. The number of carbonyl (C=O) groups excluding carboxylic acids is 1. The third-order valence-electron chi connectivity index (χ3n) is 4.23. The number of methoxy groups -OCH3 is 3. The van der Waals surface area contributed by atoms with Gasteiger partial charge in [-0.1, -0.05) is 12.1 Å². The summed E-state index contributed by atoms with van der Waals surface area (Å²) in [6, 6.07) is 10.7. The van der Waals surface area contributed by atoms with Gasteiger partial charge in [0, 0.05) is 10.0 Å². The molecule has 0 atom stereocenters. The van der Waals surface area contributed by atoms with Crippen molar-refractivity contribution in [2.45, 2.75) is 4.90 Å². The number of carbonyl (C=O) groups is 1. The number of rotatable bonds is 7. The Morgan fingerprint density at radius 3 is 2.13 bits per heavy atom. The van der Waals surface area contributed by atoms with Crippen molar-refractivity contribution >= 4 is 31.9 Å². The highest BCUT2D eigenvalue weighted by molar-refractivity contribution is 9.10. The average molecular weight is 496 g/mol. The summed E-state index contributed by atoms with van der Waals surface area (Å²) in [5.41, 5.74) is 5.75. The highest BCUT2D eigenvalue weighted by atomic mass is 79.9. The van der Waals surface area contributed by atoms with Crippen LogP contribution in [0.5, 0.6) is 17.2 Å². The number of hydrogen-bond acceptors (Lipinski definition) is 7. The molecule has 158 valence electrons. The van der Waals surface area contributed by atoms with Crippen LogP contribution in [0.15, 0.2) is 51.8 Å². The molecule has 0 bridgehead atoms. The van der Waals surface area contributed by atoms with Crippen LogP contribution in [0, 0.1) is 0 Å². The number of halogens is 1. The fraction of sp³-hybridized carbons (Fsp3) is 0.158. The van der Waals surface area contributed by atoms with E-state index in [1.54, 1.807) is 30.3 Å². The Kier molecular flexibility index (Phi) is 6.04. The molecule has 0 saturated heterocycles. The molecule has 3 rings (SSSR count). The first kappa shape index (κ1) is 21.7. The first-order valence-corrected chi connectivity index (χ1v) is 10.7. The van der Waals surface area contributed by atoms with E-state index >= 15 is 0 Å². The van der Waals surface area contributed by atoms with Gasteiger partial charge in [0.05, 0.1) is 27.0 Å². The summed E-state index contributed by atoms with van der Waals surface area (Å²) in [5, 5.41) is 4.15. The van der Waals surface area contributed by atoms with E-state index in [1.165, 1.54) is 33.5 Å². The molecular formula is C19H18BrN3O6S. The molecule has 0 aliphatic heterocycles. The Hall–Kier alpha value is -3.05. The maximum atomic E-state index is 13.2. The standard InChI is InChI=1S/C19H18BrN3O6S/c1-27-15-8-11(9-16(28-2)18(15)29-3)13-10-14(19(21)24)23(22-13)30(25,26)17-7-5-4-6-12(17)20/h4-10H,1-3H3,(H2,21,24). The Morgan fingerprint density at radius 1 is 1.03 bits per heavy atom. The third kappa shape index (κ3) is 3.73. The molecule has 1 heterocycles. The molecule has 0 aliphatic carbocycles. The van der Waals surface area contributed by atoms with Crippen LogP contribution in [-0.2, 0) is 10.0 Å². The van der Waals surface area contributed by atoms with Gasteiger partial charge in [-0.05, 0) is 46.3 Å². The fourth-order valence-corrected chi connectivity index (χ4v) is 5.08. The zero-order valence-corrected chi connectivity index (χ0v) is 18.7. The molecule has 0 radical (unpaired) electrons. The predicted molar refractivity (Wildman–Crippen MR) is 113 cm³/mol. The van der Waals surface area contributed by atoms with Gasteiger partial charge in [-0.2, -0.15) is 13.5 Å².